The van der Waals surface area contributed by atoms with Crippen LogP contribution in [-0.2, 0) is 16.8 Å². The Hall–Kier alpha value is -2.16. The van der Waals surface area contributed by atoms with Crippen molar-refractivity contribution in [2.24, 2.45) is 0 Å². The summed E-state index contributed by atoms with van der Waals surface area (Å²) in [7, 11) is 0. The van der Waals surface area contributed by atoms with Crippen molar-refractivity contribution in [3.8, 4) is 0 Å². The van der Waals surface area contributed by atoms with Gasteiger partial charge in [-0.1, -0.05) is 42.5 Å². The predicted molar refractivity (Wildman–Crippen MR) is 69.3 cm³/mol. The Kier molecular flexibility index (Phi) is 2.63. The van der Waals surface area contributed by atoms with Crippen LogP contribution in [0.5, 0.6) is 0 Å². The van der Waals surface area contributed by atoms with Crippen molar-refractivity contribution in [1.82, 2.24) is 0 Å². The Morgan fingerprint density at radius 3 is 2.58 bits per heavy atom. The zero-order valence-electron chi connectivity index (χ0n) is 10.5. The summed E-state index contributed by atoms with van der Waals surface area (Å²) in [5.74, 6) is -1.09. The molecule has 0 bridgehead atoms. The molecule has 0 aliphatic carbocycles. The minimum Gasteiger partial charge on any atom is -0.450 e. The molecule has 1 aliphatic heterocycles. The summed E-state index contributed by atoms with van der Waals surface area (Å²) >= 11 is 0. The fourth-order valence-electron chi connectivity index (χ4n) is 2.60. The van der Waals surface area contributed by atoms with E-state index < -0.39 is 17.4 Å². The van der Waals surface area contributed by atoms with Crippen LogP contribution in [0.15, 0.2) is 48.5 Å². The molecule has 1 aliphatic rings. The molecule has 2 aromatic carbocycles. The second-order valence-corrected chi connectivity index (χ2v) is 4.95. The topological polar surface area (TPSA) is 26.3 Å². The molecule has 3 heteroatoms. The predicted octanol–water partition coefficient (Wildman–Crippen LogP) is 3.45. The fourth-order valence-corrected chi connectivity index (χ4v) is 2.60. The summed E-state index contributed by atoms with van der Waals surface area (Å²) in [6.07, 6.45) is 0.538. The van der Waals surface area contributed by atoms with E-state index in [1.807, 2.05) is 37.3 Å². The zero-order valence-corrected chi connectivity index (χ0v) is 10.5. The molecule has 1 atom stereocenters. The lowest BCUT2D eigenvalue weighted by Crippen LogP contribution is -2.24. The summed E-state index contributed by atoms with van der Waals surface area (Å²) < 4.78 is 19.1. The quantitative estimate of drug-likeness (QED) is 0.769. The van der Waals surface area contributed by atoms with Gasteiger partial charge in [0.05, 0.1) is 0 Å². The Morgan fingerprint density at radius 1 is 1.11 bits per heavy atom. The van der Waals surface area contributed by atoms with E-state index in [0.29, 0.717) is 12.0 Å². The van der Waals surface area contributed by atoms with Crippen LogP contribution in [0.25, 0.3) is 0 Å². The Bertz CT molecular complexity index is 636. The van der Waals surface area contributed by atoms with Crippen LogP contribution in [0.4, 0.5) is 4.39 Å². The lowest BCUT2D eigenvalue weighted by Gasteiger charge is -2.24. The molecule has 3 rings (SSSR count). The number of carbonyl (C=O) groups excluding carboxylic acids is 1. The second-order valence-electron chi connectivity index (χ2n) is 4.95. The van der Waals surface area contributed by atoms with Crippen LogP contribution >= 0.6 is 0 Å². The molecular weight excluding hydrogens is 243 g/mol. The largest absolute Gasteiger partial charge is 0.450 e. The standard InChI is InChI=1S/C16H13FO2/c1-16(10-11-6-3-2-4-7-11)12-8-5-9-13(17)14(12)15(18)19-16/h2-9H,10H2,1H3. The number of cyclic esters (lactones) is 1. The minimum atomic E-state index is -0.796. The van der Waals surface area contributed by atoms with E-state index in [-0.39, 0.29) is 5.56 Å². The van der Waals surface area contributed by atoms with E-state index in [0.717, 1.165) is 5.56 Å². The highest BCUT2D eigenvalue weighted by atomic mass is 19.1. The number of benzene rings is 2. The van der Waals surface area contributed by atoms with E-state index in [2.05, 4.69) is 0 Å². The first kappa shape index (κ1) is 11.9. The molecule has 0 radical (unpaired) electrons. The number of esters is 1. The Balaban J connectivity index is 2.04. The molecule has 2 aromatic rings. The van der Waals surface area contributed by atoms with Gasteiger partial charge < -0.3 is 4.74 Å². The van der Waals surface area contributed by atoms with Gasteiger partial charge >= 0.3 is 5.97 Å². The smallest absolute Gasteiger partial charge is 0.342 e. The maximum absolute atomic E-state index is 13.7. The van der Waals surface area contributed by atoms with Gasteiger partial charge in [0.25, 0.3) is 0 Å². The molecule has 0 N–H and O–H groups in total. The number of fused-ring (bicyclic) bond motifs is 1. The number of halogens is 1. The van der Waals surface area contributed by atoms with Gasteiger partial charge in [-0.2, -0.15) is 0 Å². The van der Waals surface area contributed by atoms with Crippen LogP contribution < -0.4 is 0 Å². The summed E-state index contributed by atoms with van der Waals surface area (Å²) in [6.45, 7) is 1.82. The third kappa shape index (κ3) is 1.91. The molecule has 0 amide bonds. The van der Waals surface area contributed by atoms with Crippen molar-refractivity contribution in [3.63, 3.8) is 0 Å². The van der Waals surface area contributed by atoms with Crippen molar-refractivity contribution >= 4 is 5.97 Å². The third-order valence-corrected chi connectivity index (χ3v) is 3.49. The van der Waals surface area contributed by atoms with Crippen molar-refractivity contribution in [2.45, 2.75) is 18.9 Å². The number of rotatable bonds is 2. The highest BCUT2D eigenvalue weighted by Gasteiger charge is 2.43. The summed E-state index contributed by atoms with van der Waals surface area (Å²) in [4.78, 5) is 11.8. The fraction of sp³-hybridized carbons (Fsp3) is 0.188. The van der Waals surface area contributed by atoms with Crippen molar-refractivity contribution in [2.75, 3.05) is 0 Å². The normalized spacial score (nSPS) is 21.1. The van der Waals surface area contributed by atoms with Crippen LogP contribution in [0.3, 0.4) is 0 Å². The summed E-state index contributed by atoms with van der Waals surface area (Å²) in [5.41, 5.74) is 0.952. The highest BCUT2D eigenvalue weighted by Crippen LogP contribution is 2.39. The van der Waals surface area contributed by atoms with E-state index in [1.54, 1.807) is 12.1 Å². The van der Waals surface area contributed by atoms with Gasteiger partial charge in [-0.3, -0.25) is 0 Å². The lowest BCUT2D eigenvalue weighted by atomic mass is 9.88. The molecule has 1 unspecified atom stereocenters. The van der Waals surface area contributed by atoms with Crippen molar-refractivity contribution < 1.29 is 13.9 Å². The summed E-state index contributed by atoms with van der Waals surface area (Å²) in [6, 6.07) is 14.4. The van der Waals surface area contributed by atoms with E-state index in [1.165, 1.54) is 6.07 Å². The SMILES string of the molecule is CC1(Cc2ccccc2)OC(=O)c2c(F)cccc21. The van der Waals surface area contributed by atoms with Crippen LogP contribution in [-0.4, -0.2) is 5.97 Å². The molecule has 0 spiro atoms. The average Bonchev–Trinajstić information content (AvgIpc) is 2.63. The Morgan fingerprint density at radius 2 is 1.84 bits per heavy atom. The molecule has 0 aromatic heterocycles. The molecule has 0 saturated carbocycles. The van der Waals surface area contributed by atoms with Gasteiger partial charge in [0.15, 0.2) is 0 Å². The lowest BCUT2D eigenvalue weighted by molar-refractivity contribution is 0.00107. The minimum absolute atomic E-state index is 0.0703. The first-order chi connectivity index (χ1) is 9.10. The van der Waals surface area contributed by atoms with Crippen molar-refractivity contribution in [3.05, 3.63) is 71.0 Å². The monoisotopic (exact) mass is 256 g/mol. The maximum atomic E-state index is 13.7. The molecule has 0 saturated heterocycles. The second kappa shape index (κ2) is 4.19. The maximum Gasteiger partial charge on any atom is 0.342 e. The third-order valence-electron chi connectivity index (χ3n) is 3.49. The highest BCUT2D eigenvalue weighted by molar-refractivity contribution is 5.95. The number of ether oxygens (including phenoxy) is 1. The molecular formula is C16H13FO2. The van der Waals surface area contributed by atoms with Crippen molar-refractivity contribution in [1.29, 1.82) is 0 Å². The number of hydrogen-bond donors (Lipinski definition) is 0. The van der Waals surface area contributed by atoms with Gasteiger partial charge in [-0.25, -0.2) is 9.18 Å². The van der Waals surface area contributed by atoms with Gasteiger partial charge in [0.1, 0.15) is 17.0 Å². The van der Waals surface area contributed by atoms with Gasteiger partial charge in [0.2, 0.25) is 0 Å². The van der Waals surface area contributed by atoms with E-state index >= 15 is 0 Å². The zero-order chi connectivity index (χ0) is 13.5. The van der Waals surface area contributed by atoms with Gasteiger partial charge in [-0.15, -0.1) is 0 Å². The molecule has 96 valence electrons. The Labute approximate surface area is 110 Å². The molecule has 1 heterocycles. The van der Waals surface area contributed by atoms with Crippen LogP contribution in [0, 0.1) is 5.82 Å². The first-order valence-corrected chi connectivity index (χ1v) is 6.16. The van der Waals surface area contributed by atoms with Crippen LogP contribution in [0.1, 0.15) is 28.4 Å². The van der Waals surface area contributed by atoms with Gasteiger partial charge in [-0.05, 0) is 18.6 Å². The van der Waals surface area contributed by atoms with E-state index in [4.69, 9.17) is 4.74 Å². The summed E-state index contributed by atoms with van der Waals surface area (Å²) in [5, 5.41) is 0. The number of hydrogen-bond acceptors (Lipinski definition) is 2. The van der Waals surface area contributed by atoms with Gasteiger partial charge in [0, 0.05) is 12.0 Å². The van der Waals surface area contributed by atoms with E-state index in [9.17, 15) is 9.18 Å². The molecule has 19 heavy (non-hydrogen) atoms. The van der Waals surface area contributed by atoms with Crippen LogP contribution in [0.2, 0.25) is 0 Å². The average molecular weight is 256 g/mol. The molecule has 0 fully saturated rings. The molecule has 2 nitrogen and oxygen atoms in total. The first-order valence-electron chi connectivity index (χ1n) is 6.16. The number of carbonyl (C=O) groups is 1.